The average Bonchev–Trinajstić information content (AvgIpc) is 2.77. The van der Waals surface area contributed by atoms with Gasteiger partial charge in [-0.25, -0.2) is 0 Å². The molecule has 14 heavy (non-hydrogen) atoms. The van der Waals surface area contributed by atoms with Gasteiger partial charge in [-0.05, 0) is 31.6 Å². The van der Waals surface area contributed by atoms with Crippen molar-refractivity contribution in [2.45, 2.75) is 57.3 Å². The Bertz CT molecular complexity index is 271. The van der Waals surface area contributed by atoms with Gasteiger partial charge in [-0.15, -0.1) is 6.58 Å². The van der Waals surface area contributed by atoms with E-state index in [1.165, 1.54) is 0 Å². The van der Waals surface area contributed by atoms with Crippen LogP contribution in [-0.2, 0) is 4.74 Å². The molecule has 0 bridgehead atoms. The minimum absolute atomic E-state index is 0.210. The van der Waals surface area contributed by atoms with Crippen LogP contribution in [0, 0.1) is 5.41 Å². The molecule has 2 heteroatoms. The molecule has 0 aromatic rings. The molecule has 2 aliphatic rings. The number of hydrogen-bond acceptors (Lipinski definition) is 2. The Balaban J connectivity index is 2.23. The quantitative estimate of drug-likeness (QED) is 0.543. The number of ether oxygens (including phenoxy) is 1. The van der Waals surface area contributed by atoms with Crippen molar-refractivity contribution in [1.82, 2.24) is 0 Å². The average molecular weight is 196 g/mol. The third-order valence-electron chi connectivity index (χ3n) is 4.10. The van der Waals surface area contributed by atoms with Gasteiger partial charge in [0.05, 0.1) is 11.7 Å². The first-order chi connectivity index (χ1) is 6.36. The molecule has 1 heterocycles. The van der Waals surface area contributed by atoms with Crippen LogP contribution in [0.25, 0.3) is 0 Å². The Morgan fingerprint density at radius 1 is 1.43 bits per heavy atom. The maximum Gasteiger partial charge on any atom is 0.121 e. The number of rotatable bonds is 2. The molecule has 2 nitrogen and oxygen atoms in total. The van der Waals surface area contributed by atoms with Gasteiger partial charge in [-0.3, -0.25) is 0 Å². The van der Waals surface area contributed by atoms with E-state index in [4.69, 9.17) is 4.74 Å². The molecule has 1 aliphatic carbocycles. The standard InChI is InChI=1S/C12H20O2/c1-5-6-12(13)8-7-10(2,3)9-11(12,4)14-9/h5,9,13H,1,6-8H2,2-4H3/t9-,11-,12+/m1/s1. The minimum Gasteiger partial charge on any atom is -0.386 e. The van der Waals surface area contributed by atoms with Gasteiger partial charge in [0.25, 0.3) is 0 Å². The van der Waals surface area contributed by atoms with Crippen molar-refractivity contribution in [3.05, 3.63) is 12.7 Å². The normalized spacial score (nSPS) is 49.6. The first-order valence-electron chi connectivity index (χ1n) is 5.37. The third-order valence-corrected chi connectivity index (χ3v) is 4.10. The lowest BCUT2D eigenvalue weighted by Crippen LogP contribution is -2.51. The molecule has 80 valence electrons. The smallest absolute Gasteiger partial charge is 0.121 e. The maximum absolute atomic E-state index is 10.5. The van der Waals surface area contributed by atoms with E-state index in [2.05, 4.69) is 20.4 Å². The summed E-state index contributed by atoms with van der Waals surface area (Å²) in [6.07, 6.45) is 4.49. The highest BCUT2D eigenvalue weighted by Gasteiger charge is 2.71. The predicted molar refractivity (Wildman–Crippen MR) is 56.1 cm³/mol. The largest absolute Gasteiger partial charge is 0.386 e. The van der Waals surface area contributed by atoms with Gasteiger partial charge in [-0.2, -0.15) is 0 Å². The second kappa shape index (κ2) is 2.61. The van der Waals surface area contributed by atoms with Gasteiger partial charge in [0.1, 0.15) is 5.60 Å². The fourth-order valence-electron chi connectivity index (χ4n) is 2.92. The summed E-state index contributed by atoms with van der Waals surface area (Å²) in [5.41, 5.74) is -0.806. The van der Waals surface area contributed by atoms with Crippen LogP contribution in [0.3, 0.4) is 0 Å². The summed E-state index contributed by atoms with van der Waals surface area (Å²) in [5.74, 6) is 0. The van der Waals surface area contributed by atoms with Crippen LogP contribution < -0.4 is 0 Å². The first kappa shape index (κ1) is 10.2. The van der Waals surface area contributed by atoms with Gasteiger partial charge in [-0.1, -0.05) is 19.9 Å². The van der Waals surface area contributed by atoms with Gasteiger partial charge in [0.15, 0.2) is 0 Å². The summed E-state index contributed by atoms with van der Waals surface area (Å²) in [6, 6.07) is 0. The van der Waals surface area contributed by atoms with E-state index in [1.54, 1.807) is 6.08 Å². The van der Waals surface area contributed by atoms with Crippen LogP contribution in [0.15, 0.2) is 12.7 Å². The van der Waals surface area contributed by atoms with Crippen LogP contribution in [0.1, 0.15) is 40.0 Å². The molecule has 0 amide bonds. The molecule has 0 radical (unpaired) electrons. The van der Waals surface area contributed by atoms with Crippen molar-refractivity contribution in [2.75, 3.05) is 0 Å². The van der Waals surface area contributed by atoms with Crippen LogP contribution in [0.4, 0.5) is 0 Å². The van der Waals surface area contributed by atoms with Crippen LogP contribution in [0.2, 0.25) is 0 Å². The summed E-state index contributed by atoms with van der Waals surface area (Å²) in [5, 5.41) is 10.5. The summed E-state index contributed by atoms with van der Waals surface area (Å²) < 4.78 is 5.75. The molecule has 1 N–H and O–H groups in total. The molecule has 1 saturated heterocycles. The molecule has 0 aromatic carbocycles. The third kappa shape index (κ3) is 1.10. The number of epoxide rings is 1. The van der Waals surface area contributed by atoms with Crippen molar-refractivity contribution in [3.8, 4) is 0 Å². The molecule has 0 unspecified atom stereocenters. The molecular formula is C12H20O2. The van der Waals surface area contributed by atoms with E-state index < -0.39 is 5.60 Å². The Kier molecular flexibility index (Phi) is 1.90. The number of aliphatic hydroxyl groups is 1. The lowest BCUT2D eigenvalue weighted by molar-refractivity contribution is -0.0502. The second-order valence-corrected chi connectivity index (χ2v) is 5.62. The molecule has 2 fully saturated rings. The van der Waals surface area contributed by atoms with E-state index in [9.17, 15) is 5.11 Å². The number of fused-ring (bicyclic) bond motifs is 1. The highest BCUT2D eigenvalue weighted by molar-refractivity contribution is 5.21. The van der Waals surface area contributed by atoms with Crippen molar-refractivity contribution in [3.63, 3.8) is 0 Å². The van der Waals surface area contributed by atoms with Crippen molar-refractivity contribution in [1.29, 1.82) is 0 Å². The van der Waals surface area contributed by atoms with Gasteiger partial charge >= 0.3 is 0 Å². The molecule has 1 saturated carbocycles. The van der Waals surface area contributed by atoms with Crippen molar-refractivity contribution < 1.29 is 9.84 Å². The van der Waals surface area contributed by atoms with E-state index in [1.807, 2.05) is 6.92 Å². The molecule has 1 aliphatic heterocycles. The Labute approximate surface area is 86.0 Å². The predicted octanol–water partition coefficient (Wildman–Crippen LogP) is 2.27. The SMILES string of the molecule is C=CC[C@]1(O)CCC(C)(C)[C@H]2O[C@]21C. The summed E-state index contributed by atoms with van der Waals surface area (Å²) in [4.78, 5) is 0. The lowest BCUT2D eigenvalue weighted by Gasteiger charge is -2.40. The Morgan fingerprint density at radius 3 is 2.64 bits per heavy atom. The summed E-state index contributed by atoms with van der Waals surface area (Å²) in [7, 11) is 0. The van der Waals surface area contributed by atoms with E-state index in [0.29, 0.717) is 6.42 Å². The zero-order valence-electron chi connectivity index (χ0n) is 9.34. The molecule has 0 aromatic heterocycles. The van der Waals surface area contributed by atoms with E-state index >= 15 is 0 Å². The Hall–Kier alpha value is -0.340. The first-order valence-corrected chi connectivity index (χ1v) is 5.37. The molecule has 3 atom stereocenters. The van der Waals surface area contributed by atoms with Crippen LogP contribution >= 0.6 is 0 Å². The van der Waals surface area contributed by atoms with Gasteiger partial charge in [0, 0.05) is 0 Å². The van der Waals surface area contributed by atoms with Crippen LogP contribution in [-0.4, -0.2) is 22.4 Å². The monoisotopic (exact) mass is 196 g/mol. The highest BCUT2D eigenvalue weighted by Crippen LogP contribution is 2.61. The van der Waals surface area contributed by atoms with Gasteiger partial charge in [0.2, 0.25) is 0 Å². The van der Waals surface area contributed by atoms with Crippen molar-refractivity contribution in [2.24, 2.45) is 5.41 Å². The zero-order valence-corrected chi connectivity index (χ0v) is 9.34. The fraction of sp³-hybridized carbons (Fsp3) is 0.833. The van der Waals surface area contributed by atoms with E-state index in [0.717, 1.165) is 12.8 Å². The fourth-order valence-corrected chi connectivity index (χ4v) is 2.92. The highest BCUT2D eigenvalue weighted by atomic mass is 16.6. The molecule has 0 spiro atoms. The zero-order chi connectivity index (χ0) is 10.6. The lowest BCUT2D eigenvalue weighted by atomic mass is 9.64. The van der Waals surface area contributed by atoms with E-state index in [-0.39, 0.29) is 17.1 Å². The Morgan fingerprint density at radius 2 is 2.07 bits per heavy atom. The molecular weight excluding hydrogens is 176 g/mol. The molecule has 2 rings (SSSR count). The topological polar surface area (TPSA) is 32.8 Å². The summed E-state index contributed by atoms with van der Waals surface area (Å²) in [6.45, 7) is 10.2. The van der Waals surface area contributed by atoms with Crippen LogP contribution in [0.5, 0.6) is 0 Å². The number of hydrogen-bond donors (Lipinski definition) is 1. The van der Waals surface area contributed by atoms with Gasteiger partial charge < -0.3 is 9.84 Å². The summed E-state index contributed by atoms with van der Waals surface area (Å²) >= 11 is 0. The second-order valence-electron chi connectivity index (χ2n) is 5.62. The van der Waals surface area contributed by atoms with Crippen molar-refractivity contribution >= 4 is 0 Å². The minimum atomic E-state index is -0.686. The maximum atomic E-state index is 10.5.